The Kier molecular flexibility index (Phi) is 6.58. The number of likely N-dealkylation sites (tertiary alicyclic amines) is 1. The molecular formula is C29H36N2O4. The van der Waals surface area contributed by atoms with Crippen LogP contribution in [0.25, 0.3) is 0 Å². The Balaban J connectivity index is 1.28. The van der Waals surface area contributed by atoms with Gasteiger partial charge < -0.3 is 14.8 Å². The summed E-state index contributed by atoms with van der Waals surface area (Å²) in [7, 11) is 3.10. The van der Waals surface area contributed by atoms with Crippen LogP contribution >= 0.6 is 0 Å². The van der Waals surface area contributed by atoms with E-state index in [-0.39, 0.29) is 17.3 Å². The molecule has 3 aliphatic rings. The van der Waals surface area contributed by atoms with Gasteiger partial charge in [-0.1, -0.05) is 25.1 Å². The standard InChI is InChI=1S/C29H36N2O4/c1-19-26-17-22-8-11-24(34-2)18-25(22)29(19,13-15-31(26)23-9-10-23)12-14-30-27(32)16-20-4-6-21(7-5-20)28(33)35-3/h4-8,11,18-19,23,26H,9-10,12-17H2,1-3H3,(H,30,32)/t19-,26+,29?/m0/s1. The highest BCUT2D eigenvalue weighted by Crippen LogP contribution is 2.53. The summed E-state index contributed by atoms with van der Waals surface area (Å²) in [5, 5.41) is 3.18. The fourth-order valence-corrected chi connectivity index (χ4v) is 6.50. The van der Waals surface area contributed by atoms with Crippen molar-refractivity contribution in [1.29, 1.82) is 0 Å². The summed E-state index contributed by atoms with van der Waals surface area (Å²) in [6.45, 7) is 4.21. The quantitative estimate of drug-likeness (QED) is 0.586. The lowest BCUT2D eigenvalue weighted by molar-refractivity contribution is -0.120. The molecule has 0 spiro atoms. The Morgan fingerprint density at radius 1 is 1.11 bits per heavy atom. The van der Waals surface area contributed by atoms with Crippen molar-refractivity contribution >= 4 is 11.9 Å². The second-order valence-corrected chi connectivity index (χ2v) is 10.4. The fraction of sp³-hybridized carbons (Fsp3) is 0.517. The molecule has 0 aromatic heterocycles. The minimum Gasteiger partial charge on any atom is -0.497 e. The van der Waals surface area contributed by atoms with Crippen LogP contribution in [0.5, 0.6) is 5.75 Å². The van der Waals surface area contributed by atoms with Gasteiger partial charge in [-0.3, -0.25) is 9.69 Å². The molecule has 1 saturated carbocycles. The van der Waals surface area contributed by atoms with E-state index in [4.69, 9.17) is 9.47 Å². The largest absolute Gasteiger partial charge is 0.497 e. The van der Waals surface area contributed by atoms with Gasteiger partial charge in [0.1, 0.15) is 5.75 Å². The lowest BCUT2D eigenvalue weighted by Gasteiger charge is -2.56. The topological polar surface area (TPSA) is 67.9 Å². The summed E-state index contributed by atoms with van der Waals surface area (Å²) in [5.74, 6) is 1.08. The van der Waals surface area contributed by atoms with E-state index < -0.39 is 0 Å². The number of hydrogen-bond acceptors (Lipinski definition) is 5. The SMILES string of the molecule is COC(=O)c1ccc(CC(=O)NCCC23CCN(C4CC4)[C@H](Cc4ccc(OC)cc42)[C@@H]3C)cc1. The van der Waals surface area contributed by atoms with Gasteiger partial charge in [-0.2, -0.15) is 0 Å². The number of benzene rings is 2. The summed E-state index contributed by atoms with van der Waals surface area (Å²) in [6.07, 6.45) is 6.12. The highest BCUT2D eigenvalue weighted by atomic mass is 16.5. The Hall–Kier alpha value is -2.86. The predicted octanol–water partition coefficient (Wildman–Crippen LogP) is 3.90. The number of nitrogens with zero attached hydrogens (tertiary/aromatic N) is 1. The highest BCUT2D eigenvalue weighted by molar-refractivity contribution is 5.89. The number of methoxy groups -OCH3 is 2. The van der Waals surface area contributed by atoms with Gasteiger partial charge in [0.15, 0.2) is 0 Å². The Bertz CT molecular complexity index is 1090. The van der Waals surface area contributed by atoms with E-state index in [0.717, 1.165) is 43.2 Å². The number of nitrogens with one attached hydrogen (secondary N) is 1. The van der Waals surface area contributed by atoms with Gasteiger partial charge in [-0.25, -0.2) is 4.79 Å². The van der Waals surface area contributed by atoms with E-state index in [1.165, 1.54) is 31.1 Å². The summed E-state index contributed by atoms with van der Waals surface area (Å²) in [4.78, 5) is 27.1. The van der Waals surface area contributed by atoms with Crippen LogP contribution < -0.4 is 10.1 Å². The number of rotatable bonds is 8. The third-order valence-electron chi connectivity index (χ3n) is 8.62. The first kappa shape index (κ1) is 23.9. The minimum atomic E-state index is -0.371. The third-order valence-corrected chi connectivity index (χ3v) is 8.62. The van der Waals surface area contributed by atoms with Gasteiger partial charge in [0.05, 0.1) is 26.2 Å². The summed E-state index contributed by atoms with van der Waals surface area (Å²) >= 11 is 0. The average Bonchev–Trinajstić information content (AvgIpc) is 3.71. The zero-order valence-electron chi connectivity index (χ0n) is 21.0. The predicted molar refractivity (Wildman–Crippen MR) is 135 cm³/mol. The summed E-state index contributed by atoms with van der Waals surface area (Å²) < 4.78 is 10.3. The zero-order chi connectivity index (χ0) is 24.6. The van der Waals surface area contributed by atoms with Crippen LogP contribution in [0.1, 0.15) is 59.7 Å². The molecule has 186 valence electrons. The number of carbonyl (C=O) groups excluding carboxylic acids is 2. The third kappa shape index (κ3) is 4.56. The monoisotopic (exact) mass is 476 g/mol. The molecule has 5 rings (SSSR count). The van der Waals surface area contributed by atoms with Crippen molar-refractivity contribution in [2.45, 2.75) is 62.9 Å². The minimum absolute atomic E-state index is 0.00788. The lowest BCUT2D eigenvalue weighted by atomic mass is 9.56. The molecule has 2 bridgehead atoms. The van der Waals surface area contributed by atoms with E-state index in [9.17, 15) is 9.59 Å². The molecule has 2 fully saturated rings. The number of ether oxygens (including phenoxy) is 2. The van der Waals surface area contributed by atoms with Crippen LogP contribution in [-0.2, 0) is 27.8 Å². The van der Waals surface area contributed by atoms with Crippen LogP contribution in [-0.4, -0.2) is 56.2 Å². The highest BCUT2D eigenvalue weighted by Gasteiger charge is 2.53. The maximum Gasteiger partial charge on any atom is 0.337 e. The number of carbonyl (C=O) groups is 2. The second-order valence-electron chi connectivity index (χ2n) is 10.4. The molecule has 35 heavy (non-hydrogen) atoms. The lowest BCUT2D eigenvalue weighted by Crippen LogP contribution is -2.60. The molecule has 0 radical (unpaired) electrons. The summed E-state index contributed by atoms with van der Waals surface area (Å²) in [5.41, 5.74) is 4.28. The maximum absolute atomic E-state index is 12.7. The van der Waals surface area contributed by atoms with E-state index in [1.54, 1.807) is 19.2 Å². The molecule has 6 nitrogen and oxygen atoms in total. The van der Waals surface area contributed by atoms with Crippen molar-refractivity contribution in [2.75, 3.05) is 27.3 Å². The molecule has 1 heterocycles. The normalized spacial score (nSPS) is 25.5. The molecule has 1 aliphatic heterocycles. The number of esters is 1. The van der Waals surface area contributed by atoms with Crippen LogP contribution in [0.3, 0.4) is 0 Å². The Morgan fingerprint density at radius 3 is 2.57 bits per heavy atom. The van der Waals surface area contributed by atoms with Gasteiger partial charge in [0.25, 0.3) is 0 Å². The van der Waals surface area contributed by atoms with E-state index >= 15 is 0 Å². The van der Waals surface area contributed by atoms with Gasteiger partial charge >= 0.3 is 5.97 Å². The first-order valence-corrected chi connectivity index (χ1v) is 12.8. The van der Waals surface area contributed by atoms with Crippen LogP contribution in [0, 0.1) is 5.92 Å². The molecule has 6 heteroatoms. The van der Waals surface area contributed by atoms with Gasteiger partial charge in [-0.05, 0) is 85.5 Å². The molecule has 1 unspecified atom stereocenters. The first-order valence-electron chi connectivity index (χ1n) is 12.8. The molecule has 3 atom stereocenters. The molecule has 1 saturated heterocycles. The van der Waals surface area contributed by atoms with Crippen molar-refractivity contribution in [3.63, 3.8) is 0 Å². The van der Waals surface area contributed by atoms with E-state index in [1.807, 2.05) is 12.1 Å². The number of hydrogen-bond donors (Lipinski definition) is 1. The molecule has 2 aliphatic carbocycles. The average molecular weight is 477 g/mol. The zero-order valence-corrected chi connectivity index (χ0v) is 21.0. The van der Waals surface area contributed by atoms with Crippen LogP contribution in [0.15, 0.2) is 42.5 Å². The van der Waals surface area contributed by atoms with Crippen LogP contribution in [0.2, 0.25) is 0 Å². The molecular weight excluding hydrogens is 440 g/mol. The first-order chi connectivity index (χ1) is 16.9. The Labute approximate surface area is 208 Å². The van der Waals surface area contributed by atoms with E-state index in [0.29, 0.717) is 30.5 Å². The van der Waals surface area contributed by atoms with Crippen molar-refractivity contribution < 1.29 is 19.1 Å². The molecule has 1 N–H and O–H groups in total. The van der Waals surface area contributed by atoms with Crippen molar-refractivity contribution in [2.24, 2.45) is 5.92 Å². The number of piperidine rings is 1. The van der Waals surface area contributed by atoms with Crippen LogP contribution in [0.4, 0.5) is 0 Å². The van der Waals surface area contributed by atoms with E-state index in [2.05, 4.69) is 35.3 Å². The number of amides is 1. The van der Waals surface area contributed by atoms with Gasteiger partial charge in [0.2, 0.25) is 5.91 Å². The van der Waals surface area contributed by atoms with Crippen molar-refractivity contribution in [3.8, 4) is 5.75 Å². The molecule has 1 amide bonds. The van der Waals surface area contributed by atoms with Gasteiger partial charge in [-0.15, -0.1) is 0 Å². The molecule has 2 aromatic carbocycles. The molecule has 2 aromatic rings. The number of fused-ring (bicyclic) bond motifs is 4. The van der Waals surface area contributed by atoms with Crippen molar-refractivity contribution in [1.82, 2.24) is 10.2 Å². The van der Waals surface area contributed by atoms with Gasteiger partial charge in [0, 0.05) is 24.0 Å². The fourth-order valence-electron chi connectivity index (χ4n) is 6.50. The Morgan fingerprint density at radius 2 is 1.89 bits per heavy atom. The maximum atomic E-state index is 12.7. The van der Waals surface area contributed by atoms with Crippen molar-refractivity contribution in [3.05, 3.63) is 64.7 Å². The smallest absolute Gasteiger partial charge is 0.337 e. The summed E-state index contributed by atoms with van der Waals surface area (Å²) in [6, 6.07) is 15.0. The second kappa shape index (κ2) is 9.65.